The van der Waals surface area contributed by atoms with Gasteiger partial charge in [0.25, 0.3) is 0 Å². The van der Waals surface area contributed by atoms with Crippen molar-refractivity contribution < 1.29 is 13.9 Å². The Bertz CT molecular complexity index is 582. The highest BCUT2D eigenvalue weighted by atomic mass is 35.5. The number of nitrogens with one attached hydrogen (secondary N) is 1. The van der Waals surface area contributed by atoms with Gasteiger partial charge in [0, 0.05) is 18.5 Å². The second-order valence-electron chi connectivity index (χ2n) is 5.09. The van der Waals surface area contributed by atoms with E-state index in [0.29, 0.717) is 19.0 Å². The Labute approximate surface area is 122 Å². The maximum absolute atomic E-state index is 12.4. The van der Waals surface area contributed by atoms with Crippen LogP contribution in [0.5, 0.6) is 0 Å². The minimum absolute atomic E-state index is 0. The number of allylic oxidation sites excluding steroid dienone is 2. The van der Waals surface area contributed by atoms with Gasteiger partial charge in [-0.05, 0) is 0 Å². The van der Waals surface area contributed by atoms with Gasteiger partial charge in [-0.1, -0.05) is 12.2 Å². The monoisotopic (exact) mass is 294 g/mol. The lowest BCUT2D eigenvalue weighted by molar-refractivity contribution is -0.123. The highest BCUT2D eigenvalue weighted by Crippen LogP contribution is 2.34. The molecule has 0 spiro atoms. The number of oxazole rings is 1. The summed E-state index contributed by atoms with van der Waals surface area (Å²) in [5, 5.41) is 3.24. The topological polar surface area (TPSA) is 64.4 Å². The average Bonchev–Trinajstić information content (AvgIpc) is 3.05. The number of hydrogen-bond donors (Lipinski definition) is 1. The number of ketones is 1. The summed E-state index contributed by atoms with van der Waals surface area (Å²) < 4.78 is 11.0. The molecular formula is C14H15ClN2O3. The molecule has 0 saturated carbocycles. The van der Waals surface area contributed by atoms with Crippen LogP contribution in [-0.2, 0) is 22.5 Å². The van der Waals surface area contributed by atoms with Crippen molar-refractivity contribution in [2.75, 3.05) is 13.2 Å². The maximum atomic E-state index is 12.4. The van der Waals surface area contributed by atoms with Gasteiger partial charge in [0.2, 0.25) is 5.89 Å². The maximum Gasteiger partial charge on any atom is 0.209 e. The molecular weight excluding hydrogens is 280 g/mol. The standard InChI is InChI=1S/C14H14N2O3.ClH/c17-13-9(2-1-8-6-18-7-10(8)13)14-16-11-3-4-15-5-12(11)19-14;/h1-2,6,9-10,15H,3-5,7H2;1H. The third-order valence-electron chi connectivity index (χ3n) is 3.90. The second kappa shape index (κ2) is 5.07. The smallest absolute Gasteiger partial charge is 0.209 e. The van der Waals surface area contributed by atoms with E-state index in [2.05, 4.69) is 10.3 Å². The average molecular weight is 295 g/mol. The Balaban J connectivity index is 0.00000121. The highest BCUT2D eigenvalue weighted by Gasteiger charge is 2.38. The summed E-state index contributed by atoms with van der Waals surface area (Å²) in [6.07, 6.45) is 6.34. The fraction of sp³-hybridized carbons (Fsp3) is 0.429. The highest BCUT2D eigenvalue weighted by molar-refractivity contribution is 5.93. The Kier molecular flexibility index (Phi) is 3.40. The number of nitrogens with zero attached hydrogens (tertiary/aromatic N) is 1. The summed E-state index contributed by atoms with van der Waals surface area (Å²) in [7, 11) is 0. The molecule has 106 valence electrons. The molecule has 3 aliphatic rings. The van der Waals surface area contributed by atoms with Crippen LogP contribution in [0.4, 0.5) is 0 Å². The first-order valence-electron chi connectivity index (χ1n) is 6.56. The van der Waals surface area contributed by atoms with Crippen molar-refractivity contribution in [3.63, 3.8) is 0 Å². The molecule has 0 amide bonds. The lowest BCUT2D eigenvalue weighted by Gasteiger charge is -2.18. The third-order valence-corrected chi connectivity index (χ3v) is 3.90. The molecule has 1 N–H and O–H groups in total. The molecule has 6 heteroatoms. The predicted molar refractivity (Wildman–Crippen MR) is 73.6 cm³/mol. The Morgan fingerprint density at radius 1 is 1.40 bits per heavy atom. The lowest BCUT2D eigenvalue weighted by Crippen LogP contribution is -2.26. The Hall–Kier alpha value is -1.59. The molecule has 5 nitrogen and oxygen atoms in total. The van der Waals surface area contributed by atoms with Gasteiger partial charge in [-0.3, -0.25) is 4.79 Å². The quantitative estimate of drug-likeness (QED) is 0.850. The number of carbonyl (C=O) groups excluding carboxylic acids is 1. The minimum Gasteiger partial charge on any atom is -0.500 e. The van der Waals surface area contributed by atoms with Crippen LogP contribution in [0.2, 0.25) is 0 Å². The SMILES string of the molecule is Cl.O=C1C2COC=C2C=CC1c1nc2c(o1)CNCC2. The normalized spacial score (nSPS) is 27.2. The molecule has 1 aliphatic carbocycles. The van der Waals surface area contributed by atoms with Crippen molar-refractivity contribution >= 4 is 18.2 Å². The van der Waals surface area contributed by atoms with Crippen LogP contribution in [0.3, 0.4) is 0 Å². The fourth-order valence-corrected chi connectivity index (χ4v) is 2.82. The summed E-state index contributed by atoms with van der Waals surface area (Å²) in [4.78, 5) is 16.9. The number of aromatic nitrogens is 1. The number of halogens is 1. The molecule has 3 heterocycles. The van der Waals surface area contributed by atoms with Crippen LogP contribution in [0.25, 0.3) is 0 Å². The summed E-state index contributed by atoms with van der Waals surface area (Å²) in [5.74, 6) is 0.997. The molecule has 4 rings (SSSR count). The van der Waals surface area contributed by atoms with Crippen molar-refractivity contribution in [1.82, 2.24) is 10.3 Å². The van der Waals surface area contributed by atoms with Gasteiger partial charge in [0.15, 0.2) is 5.78 Å². The third kappa shape index (κ3) is 1.98. The number of hydrogen-bond acceptors (Lipinski definition) is 5. The van der Waals surface area contributed by atoms with E-state index in [1.807, 2.05) is 12.2 Å². The van der Waals surface area contributed by atoms with Crippen LogP contribution >= 0.6 is 12.4 Å². The van der Waals surface area contributed by atoms with Crippen LogP contribution in [0.15, 0.2) is 28.4 Å². The van der Waals surface area contributed by atoms with Gasteiger partial charge in [-0.15, -0.1) is 12.4 Å². The van der Waals surface area contributed by atoms with Gasteiger partial charge in [-0.25, -0.2) is 4.98 Å². The number of Topliss-reactive ketones (excluding diaryl/α,β-unsaturated/α-hetero) is 1. The number of fused-ring (bicyclic) bond motifs is 2. The van der Waals surface area contributed by atoms with Gasteiger partial charge >= 0.3 is 0 Å². The van der Waals surface area contributed by atoms with Crippen molar-refractivity contribution in [3.05, 3.63) is 41.3 Å². The van der Waals surface area contributed by atoms with E-state index in [1.165, 1.54) is 0 Å². The molecule has 0 bridgehead atoms. The van der Waals surface area contributed by atoms with E-state index < -0.39 is 0 Å². The molecule has 0 radical (unpaired) electrons. The zero-order chi connectivity index (χ0) is 12.8. The fourth-order valence-electron chi connectivity index (χ4n) is 2.82. The van der Waals surface area contributed by atoms with E-state index in [1.54, 1.807) is 6.26 Å². The number of ether oxygens (including phenoxy) is 1. The van der Waals surface area contributed by atoms with Gasteiger partial charge in [0.1, 0.15) is 18.3 Å². The molecule has 2 unspecified atom stereocenters. The predicted octanol–water partition coefficient (Wildman–Crippen LogP) is 1.49. The molecule has 20 heavy (non-hydrogen) atoms. The van der Waals surface area contributed by atoms with Crippen LogP contribution in [0.1, 0.15) is 23.3 Å². The summed E-state index contributed by atoms with van der Waals surface area (Å²) in [5.41, 5.74) is 1.94. The molecule has 2 aliphatic heterocycles. The Morgan fingerprint density at radius 3 is 3.15 bits per heavy atom. The van der Waals surface area contributed by atoms with Crippen LogP contribution < -0.4 is 5.32 Å². The molecule has 0 saturated heterocycles. The molecule has 1 aromatic rings. The lowest BCUT2D eigenvalue weighted by atomic mass is 9.83. The first-order chi connectivity index (χ1) is 9.33. The largest absolute Gasteiger partial charge is 0.500 e. The summed E-state index contributed by atoms with van der Waals surface area (Å²) in [6, 6.07) is 0. The zero-order valence-electron chi connectivity index (χ0n) is 10.8. The van der Waals surface area contributed by atoms with Crippen molar-refractivity contribution in [1.29, 1.82) is 0 Å². The molecule has 0 fully saturated rings. The van der Waals surface area contributed by atoms with Crippen molar-refractivity contribution in [2.24, 2.45) is 5.92 Å². The number of rotatable bonds is 1. The van der Waals surface area contributed by atoms with E-state index >= 15 is 0 Å². The van der Waals surface area contributed by atoms with Crippen molar-refractivity contribution in [3.8, 4) is 0 Å². The van der Waals surface area contributed by atoms with Gasteiger partial charge < -0.3 is 14.5 Å². The molecule has 2 atom stereocenters. The van der Waals surface area contributed by atoms with E-state index in [4.69, 9.17) is 9.15 Å². The summed E-state index contributed by atoms with van der Waals surface area (Å²) >= 11 is 0. The van der Waals surface area contributed by atoms with Crippen LogP contribution in [0, 0.1) is 5.92 Å². The van der Waals surface area contributed by atoms with Crippen LogP contribution in [-0.4, -0.2) is 23.9 Å². The summed E-state index contributed by atoms with van der Waals surface area (Å²) in [6.45, 7) is 2.05. The second-order valence-corrected chi connectivity index (χ2v) is 5.09. The molecule has 0 aromatic carbocycles. The van der Waals surface area contributed by atoms with Gasteiger partial charge in [0.05, 0.1) is 24.4 Å². The first-order valence-corrected chi connectivity index (χ1v) is 6.56. The number of carbonyl (C=O) groups is 1. The minimum atomic E-state index is -0.366. The van der Waals surface area contributed by atoms with E-state index in [0.717, 1.165) is 30.0 Å². The Morgan fingerprint density at radius 2 is 2.30 bits per heavy atom. The first kappa shape index (κ1) is 13.4. The van der Waals surface area contributed by atoms with Crippen molar-refractivity contribution in [2.45, 2.75) is 18.9 Å². The van der Waals surface area contributed by atoms with Gasteiger partial charge in [-0.2, -0.15) is 0 Å². The molecule has 1 aromatic heterocycles. The van der Waals surface area contributed by atoms with E-state index in [-0.39, 0.29) is 30.0 Å². The van der Waals surface area contributed by atoms with E-state index in [9.17, 15) is 4.79 Å². The zero-order valence-corrected chi connectivity index (χ0v) is 11.6.